The van der Waals surface area contributed by atoms with Crippen LogP contribution in [0.2, 0.25) is 0 Å². The predicted molar refractivity (Wildman–Crippen MR) is 103 cm³/mol. The molecule has 1 aliphatic carbocycles. The van der Waals surface area contributed by atoms with Crippen LogP contribution in [0.5, 0.6) is 0 Å². The predicted octanol–water partition coefficient (Wildman–Crippen LogP) is 1.79. The number of hydrogen-bond donors (Lipinski definition) is 2. The lowest BCUT2D eigenvalue weighted by Gasteiger charge is -2.32. The molecule has 28 heavy (non-hydrogen) atoms. The van der Waals surface area contributed by atoms with E-state index in [1.54, 1.807) is 4.57 Å². The average Bonchev–Trinajstić information content (AvgIpc) is 3.44. The fourth-order valence-corrected chi connectivity index (χ4v) is 4.43. The third-order valence-corrected chi connectivity index (χ3v) is 5.80. The zero-order valence-corrected chi connectivity index (χ0v) is 15.5. The van der Waals surface area contributed by atoms with Crippen LogP contribution in [0.4, 0.5) is 0 Å². The minimum atomic E-state index is -0.255. The molecule has 1 saturated heterocycles. The van der Waals surface area contributed by atoms with Gasteiger partial charge in [-0.1, -0.05) is 18.2 Å². The average molecular weight is 378 g/mol. The number of aromatic amines is 2. The maximum absolute atomic E-state index is 13.1. The summed E-state index contributed by atoms with van der Waals surface area (Å²) in [6, 6.07) is 9.48. The van der Waals surface area contributed by atoms with Gasteiger partial charge in [-0.25, -0.2) is 14.5 Å². The molecular weight excluding hydrogens is 356 g/mol. The molecule has 1 fully saturated rings. The van der Waals surface area contributed by atoms with Crippen molar-refractivity contribution < 1.29 is 4.79 Å². The summed E-state index contributed by atoms with van der Waals surface area (Å²) in [5.41, 5.74) is 3.27. The van der Waals surface area contributed by atoms with E-state index >= 15 is 0 Å². The molecule has 3 aromatic rings. The van der Waals surface area contributed by atoms with E-state index in [0.717, 1.165) is 49.0 Å². The van der Waals surface area contributed by atoms with E-state index in [1.807, 2.05) is 35.2 Å². The van der Waals surface area contributed by atoms with E-state index in [9.17, 15) is 9.59 Å². The summed E-state index contributed by atoms with van der Waals surface area (Å²) in [6.45, 7) is 1.24. The molecule has 8 nitrogen and oxygen atoms in total. The van der Waals surface area contributed by atoms with Crippen molar-refractivity contribution in [1.29, 1.82) is 0 Å². The van der Waals surface area contributed by atoms with E-state index in [4.69, 9.17) is 0 Å². The molecule has 8 heteroatoms. The topological polar surface area (TPSA) is 99.7 Å². The van der Waals surface area contributed by atoms with Crippen LogP contribution in [-0.2, 0) is 12.8 Å². The summed E-state index contributed by atoms with van der Waals surface area (Å²) in [5, 5.41) is 14.2. The Morgan fingerprint density at radius 2 is 1.93 bits per heavy atom. The molecule has 0 unspecified atom stereocenters. The second kappa shape index (κ2) is 6.78. The Bertz CT molecular complexity index is 1060. The van der Waals surface area contributed by atoms with E-state index in [2.05, 4.69) is 20.4 Å². The molecule has 2 aromatic heterocycles. The number of hydrogen-bond acceptors (Lipinski definition) is 4. The molecule has 1 amide bonds. The normalized spacial score (nSPS) is 19.0. The Balaban J connectivity index is 1.43. The fraction of sp³-hybridized carbons (Fsp3) is 0.400. The van der Waals surface area contributed by atoms with Gasteiger partial charge in [0.05, 0.1) is 5.69 Å². The first-order valence-corrected chi connectivity index (χ1v) is 9.80. The number of rotatable bonds is 3. The van der Waals surface area contributed by atoms with Crippen LogP contribution < -0.4 is 5.69 Å². The first kappa shape index (κ1) is 17.0. The number of benzene rings is 1. The Morgan fingerprint density at radius 3 is 2.79 bits per heavy atom. The molecule has 0 spiro atoms. The van der Waals surface area contributed by atoms with Gasteiger partial charge in [-0.3, -0.25) is 9.89 Å². The van der Waals surface area contributed by atoms with Gasteiger partial charge in [0.1, 0.15) is 5.82 Å². The molecule has 3 heterocycles. The van der Waals surface area contributed by atoms with Crippen molar-refractivity contribution in [3.8, 4) is 5.69 Å². The van der Waals surface area contributed by atoms with Crippen LogP contribution >= 0.6 is 0 Å². The van der Waals surface area contributed by atoms with Crippen LogP contribution in [0.1, 0.15) is 52.8 Å². The number of carbonyl (C=O) groups excluding carboxylic acids is 1. The van der Waals surface area contributed by atoms with E-state index in [0.29, 0.717) is 24.6 Å². The maximum atomic E-state index is 13.1. The zero-order valence-electron chi connectivity index (χ0n) is 15.5. The van der Waals surface area contributed by atoms with Crippen molar-refractivity contribution in [2.24, 2.45) is 0 Å². The van der Waals surface area contributed by atoms with Crippen molar-refractivity contribution in [3.63, 3.8) is 0 Å². The van der Waals surface area contributed by atoms with Crippen molar-refractivity contribution >= 4 is 5.91 Å². The highest BCUT2D eigenvalue weighted by molar-refractivity contribution is 5.94. The summed E-state index contributed by atoms with van der Waals surface area (Å²) in [4.78, 5) is 27.3. The van der Waals surface area contributed by atoms with E-state index in [1.165, 1.54) is 0 Å². The van der Waals surface area contributed by atoms with Crippen LogP contribution in [-0.4, -0.2) is 48.9 Å². The largest absolute Gasteiger partial charge is 0.347 e. The minimum absolute atomic E-state index is 0.00356. The monoisotopic (exact) mass is 378 g/mol. The van der Waals surface area contributed by atoms with Gasteiger partial charge >= 0.3 is 5.69 Å². The number of fused-ring (bicyclic) bond motifs is 1. The molecule has 144 valence electrons. The van der Waals surface area contributed by atoms with Gasteiger partial charge in [-0.15, -0.1) is 0 Å². The number of piperidine rings is 1. The number of H-pyrrole nitrogens is 2. The summed E-state index contributed by atoms with van der Waals surface area (Å²) >= 11 is 0. The Morgan fingerprint density at radius 1 is 1.07 bits per heavy atom. The second-order valence-corrected chi connectivity index (χ2v) is 7.53. The molecule has 0 radical (unpaired) electrons. The van der Waals surface area contributed by atoms with Crippen molar-refractivity contribution in [2.75, 3.05) is 13.1 Å². The van der Waals surface area contributed by atoms with E-state index < -0.39 is 0 Å². The van der Waals surface area contributed by atoms with Crippen LogP contribution in [0.25, 0.3) is 5.69 Å². The number of aromatic nitrogens is 5. The van der Waals surface area contributed by atoms with Gasteiger partial charge in [0.2, 0.25) is 0 Å². The van der Waals surface area contributed by atoms with Crippen molar-refractivity contribution in [3.05, 3.63) is 63.6 Å². The van der Waals surface area contributed by atoms with Gasteiger partial charge in [0.25, 0.3) is 5.91 Å². The first-order valence-electron chi connectivity index (χ1n) is 9.80. The smallest absolute Gasteiger partial charge is 0.337 e. The summed E-state index contributed by atoms with van der Waals surface area (Å²) in [6.07, 6.45) is 4.72. The number of likely N-dealkylation sites (tertiary alicyclic amines) is 1. The van der Waals surface area contributed by atoms with Crippen LogP contribution in [0, 0.1) is 0 Å². The number of nitrogens with zero attached hydrogens (tertiary/aromatic N) is 4. The molecule has 0 bridgehead atoms. The lowest BCUT2D eigenvalue weighted by Crippen LogP contribution is -2.40. The van der Waals surface area contributed by atoms with Crippen LogP contribution in [0.3, 0.4) is 0 Å². The first-order chi connectivity index (χ1) is 13.7. The van der Waals surface area contributed by atoms with E-state index in [-0.39, 0.29) is 17.5 Å². The quantitative estimate of drug-likeness (QED) is 0.726. The highest BCUT2D eigenvalue weighted by Crippen LogP contribution is 2.29. The lowest BCUT2D eigenvalue weighted by atomic mass is 9.96. The highest BCUT2D eigenvalue weighted by atomic mass is 16.2. The summed E-state index contributed by atoms with van der Waals surface area (Å²) in [5.74, 6) is 0.665. The fourth-order valence-electron chi connectivity index (χ4n) is 4.43. The van der Waals surface area contributed by atoms with Gasteiger partial charge in [-0.05, 0) is 44.2 Å². The maximum Gasteiger partial charge on any atom is 0.347 e. The molecule has 1 atom stereocenters. The van der Waals surface area contributed by atoms with Gasteiger partial charge in [0.15, 0.2) is 5.69 Å². The number of carbonyl (C=O) groups is 1. The number of para-hydroxylation sites is 1. The molecular formula is C20H22N6O2. The number of amides is 1. The third kappa shape index (κ3) is 2.76. The van der Waals surface area contributed by atoms with Crippen molar-refractivity contribution in [1.82, 2.24) is 29.9 Å². The Labute approximate surface area is 161 Å². The number of aryl methyl sites for hydroxylation is 1. The second-order valence-electron chi connectivity index (χ2n) is 7.53. The standard InChI is InChI=1S/C20H22N6O2/c27-19(17-15-9-4-10-16(15)21-22-17)25-11-5-6-13(12-25)18-23-24-20(28)26(18)14-7-2-1-3-8-14/h1-3,7-8,13H,4-6,9-12H2,(H,21,22)(H,24,28)/t13-/m1/s1. The highest BCUT2D eigenvalue weighted by Gasteiger charge is 2.32. The molecule has 2 N–H and O–H groups in total. The van der Waals surface area contributed by atoms with Gasteiger partial charge in [-0.2, -0.15) is 10.2 Å². The minimum Gasteiger partial charge on any atom is -0.337 e. The van der Waals surface area contributed by atoms with Gasteiger partial charge < -0.3 is 4.90 Å². The van der Waals surface area contributed by atoms with Crippen LogP contribution in [0.15, 0.2) is 35.1 Å². The summed E-state index contributed by atoms with van der Waals surface area (Å²) in [7, 11) is 0. The third-order valence-electron chi connectivity index (χ3n) is 5.80. The van der Waals surface area contributed by atoms with Gasteiger partial charge in [0, 0.05) is 30.3 Å². The zero-order chi connectivity index (χ0) is 19.1. The molecule has 0 saturated carbocycles. The lowest BCUT2D eigenvalue weighted by molar-refractivity contribution is 0.0697. The Kier molecular flexibility index (Phi) is 4.11. The molecule has 1 aromatic carbocycles. The molecule has 5 rings (SSSR count). The SMILES string of the molecule is O=C(c1n[nH]c2c1CCC2)N1CCC[C@@H](c2n[nH]c(=O)n2-c2ccccc2)C1. The number of nitrogens with one attached hydrogen (secondary N) is 2. The molecule has 1 aliphatic heterocycles. The summed E-state index contributed by atoms with van der Waals surface area (Å²) < 4.78 is 1.62. The van der Waals surface area contributed by atoms with Crippen molar-refractivity contribution in [2.45, 2.75) is 38.0 Å². The molecule has 2 aliphatic rings. The Hall–Kier alpha value is -3.16.